The third-order valence-corrected chi connectivity index (χ3v) is 11.0. The Morgan fingerprint density at radius 1 is 0.238 bits per heavy atom. The molecule has 9 rings (SSSR count). The van der Waals surface area contributed by atoms with E-state index >= 15 is 0 Å². The largest absolute Gasteiger partial charge is 0.497 e. The normalized spacial score (nSPS) is 10.8. The van der Waals surface area contributed by atoms with Gasteiger partial charge in [0.2, 0.25) is 0 Å². The smallest absolute Gasteiger partial charge is 0.120 e. The summed E-state index contributed by atoms with van der Waals surface area (Å²) >= 11 is 0. The number of anilines is 12. The molecule has 0 fully saturated rings. The second kappa shape index (κ2) is 18.6. The fourth-order valence-electron chi connectivity index (χ4n) is 8.04. The number of para-hydroxylation sites is 3. The van der Waals surface area contributed by atoms with Crippen molar-refractivity contribution in [3.63, 3.8) is 0 Å². The first-order chi connectivity index (χ1) is 31.1. The van der Waals surface area contributed by atoms with Crippen molar-refractivity contribution < 1.29 is 9.47 Å². The molecule has 0 heterocycles. The van der Waals surface area contributed by atoms with Crippen molar-refractivity contribution >= 4 is 68.2 Å². The van der Waals surface area contributed by atoms with E-state index < -0.39 is 0 Å². The summed E-state index contributed by atoms with van der Waals surface area (Å²) in [6, 6.07) is 82.8. The molecule has 0 aromatic heterocycles. The lowest BCUT2D eigenvalue weighted by molar-refractivity contribution is 0.415. The van der Waals surface area contributed by atoms with E-state index in [0.717, 1.165) is 79.7 Å². The minimum atomic E-state index is 0.800. The molecule has 0 aliphatic rings. The zero-order chi connectivity index (χ0) is 43.0. The van der Waals surface area contributed by atoms with Crippen LogP contribution in [0.25, 0.3) is 0 Å². The van der Waals surface area contributed by atoms with E-state index in [0.29, 0.717) is 0 Å². The van der Waals surface area contributed by atoms with E-state index in [1.165, 1.54) is 5.56 Å². The summed E-state index contributed by atoms with van der Waals surface area (Å²) in [5.74, 6) is 1.60. The average molecular weight is 821 g/mol. The first-order valence-electron chi connectivity index (χ1n) is 21.1. The molecule has 9 aromatic rings. The topological polar surface area (TPSA) is 31.4 Å². The fraction of sp³-hybridized carbons (Fsp3) is 0.0526. The Kier molecular flexibility index (Phi) is 11.9. The minimum absolute atomic E-state index is 0.800. The lowest BCUT2D eigenvalue weighted by Gasteiger charge is -2.30. The molecule has 0 radical (unpaired) electrons. The van der Waals surface area contributed by atoms with E-state index in [2.05, 4.69) is 227 Å². The van der Waals surface area contributed by atoms with Crippen molar-refractivity contribution in [3.05, 3.63) is 242 Å². The monoisotopic (exact) mass is 820 g/mol. The van der Waals surface area contributed by atoms with E-state index in [1.54, 1.807) is 14.2 Å². The van der Waals surface area contributed by atoms with Crippen LogP contribution < -0.4 is 29.1 Å². The predicted molar refractivity (Wildman–Crippen MR) is 263 cm³/mol. The maximum Gasteiger partial charge on any atom is 0.120 e. The first-order valence-corrected chi connectivity index (χ1v) is 21.1. The second-order valence-electron chi connectivity index (χ2n) is 15.1. The molecule has 0 spiro atoms. The number of nitrogens with zero attached hydrogens (tertiary/aromatic N) is 4. The first kappa shape index (κ1) is 40.2. The van der Waals surface area contributed by atoms with Crippen molar-refractivity contribution in [2.45, 2.75) is 6.92 Å². The molecule has 308 valence electrons. The highest BCUT2D eigenvalue weighted by molar-refractivity contribution is 5.85. The molecule has 9 aromatic carbocycles. The highest BCUT2D eigenvalue weighted by Crippen LogP contribution is 2.43. The van der Waals surface area contributed by atoms with Gasteiger partial charge in [0.1, 0.15) is 11.5 Å². The number of ether oxygens (including phenoxy) is 2. The van der Waals surface area contributed by atoms with Crippen LogP contribution in [0.4, 0.5) is 68.2 Å². The molecule has 0 saturated carbocycles. The van der Waals surface area contributed by atoms with Crippen molar-refractivity contribution in [2.24, 2.45) is 0 Å². The number of aryl methyl sites for hydroxylation is 1. The highest BCUT2D eigenvalue weighted by atomic mass is 16.5. The van der Waals surface area contributed by atoms with Gasteiger partial charge in [0, 0.05) is 80.4 Å². The van der Waals surface area contributed by atoms with Crippen molar-refractivity contribution in [3.8, 4) is 11.5 Å². The van der Waals surface area contributed by atoms with Gasteiger partial charge in [-0.1, -0.05) is 78.9 Å². The van der Waals surface area contributed by atoms with Crippen molar-refractivity contribution in [2.75, 3.05) is 33.8 Å². The SMILES string of the molecule is COc1cccc(N(c2ccccc2)c2ccc(N(c3ccc(N(c4ccccc4)c4cccc(C)c4)cc3)c3ccc(N(c4ccccc4)c4cccc(OC)c4)cc3)cc2)c1. The number of hydrogen-bond acceptors (Lipinski definition) is 6. The Hall–Kier alpha value is -8.22. The Balaban J connectivity index is 1.14. The molecular formula is C57H48N4O2. The summed E-state index contributed by atoms with van der Waals surface area (Å²) in [5, 5.41) is 0. The van der Waals surface area contributed by atoms with Gasteiger partial charge in [0.05, 0.1) is 14.2 Å². The summed E-state index contributed by atoms with van der Waals surface area (Å²) in [5.41, 5.74) is 13.7. The van der Waals surface area contributed by atoms with Gasteiger partial charge in [-0.15, -0.1) is 0 Å². The fourth-order valence-corrected chi connectivity index (χ4v) is 8.04. The Morgan fingerprint density at radius 3 is 0.762 bits per heavy atom. The number of rotatable bonds is 14. The maximum atomic E-state index is 5.64. The summed E-state index contributed by atoms with van der Waals surface area (Å²) < 4.78 is 11.3. The van der Waals surface area contributed by atoms with Crippen molar-refractivity contribution in [1.82, 2.24) is 0 Å². The number of hydrogen-bond donors (Lipinski definition) is 0. The van der Waals surface area contributed by atoms with Crippen LogP contribution >= 0.6 is 0 Å². The summed E-state index contributed by atoms with van der Waals surface area (Å²) in [6.07, 6.45) is 0. The predicted octanol–water partition coefficient (Wildman–Crippen LogP) is 15.9. The summed E-state index contributed by atoms with van der Waals surface area (Å²) in [6.45, 7) is 2.13. The molecule has 0 bridgehead atoms. The van der Waals surface area contributed by atoms with E-state index in [1.807, 2.05) is 36.4 Å². The van der Waals surface area contributed by atoms with Crippen LogP contribution in [-0.2, 0) is 0 Å². The van der Waals surface area contributed by atoms with E-state index in [-0.39, 0.29) is 0 Å². The van der Waals surface area contributed by atoms with Gasteiger partial charge >= 0.3 is 0 Å². The van der Waals surface area contributed by atoms with Gasteiger partial charge in [0.15, 0.2) is 0 Å². The molecule has 6 heteroatoms. The molecule has 0 unspecified atom stereocenters. The molecule has 6 nitrogen and oxygen atoms in total. The molecule has 0 aliphatic carbocycles. The van der Waals surface area contributed by atoms with Gasteiger partial charge in [-0.3, -0.25) is 0 Å². The maximum absolute atomic E-state index is 5.64. The van der Waals surface area contributed by atoms with Gasteiger partial charge in [-0.25, -0.2) is 0 Å². The van der Waals surface area contributed by atoms with Crippen LogP contribution in [0.1, 0.15) is 5.56 Å². The minimum Gasteiger partial charge on any atom is -0.497 e. The lowest BCUT2D eigenvalue weighted by Crippen LogP contribution is -2.14. The molecule has 0 amide bonds. The molecule has 0 saturated heterocycles. The van der Waals surface area contributed by atoms with Gasteiger partial charge in [-0.2, -0.15) is 0 Å². The van der Waals surface area contributed by atoms with Crippen LogP contribution in [0.5, 0.6) is 11.5 Å². The third kappa shape index (κ3) is 8.83. The third-order valence-electron chi connectivity index (χ3n) is 11.0. The summed E-state index contributed by atoms with van der Waals surface area (Å²) in [7, 11) is 3.41. The zero-order valence-electron chi connectivity index (χ0n) is 35.6. The summed E-state index contributed by atoms with van der Waals surface area (Å²) in [4.78, 5) is 9.12. The van der Waals surface area contributed by atoms with E-state index in [4.69, 9.17) is 9.47 Å². The van der Waals surface area contributed by atoms with E-state index in [9.17, 15) is 0 Å². The second-order valence-corrected chi connectivity index (χ2v) is 15.1. The standard InChI is InChI=1S/C57H48N4O2/c1-43-16-13-23-53(40-43)59(44-17-7-4-8-18-44)50-34-28-47(29-35-50)58(48-30-36-51(37-31-48)60(45-19-9-5-10-20-45)54-24-14-26-56(41-54)62-2)49-32-38-52(39-33-49)61(46-21-11-6-12-22-46)55-25-15-27-57(42-55)63-3/h4-42H,1-3H3. The van der Waals surface area contributed by atoms with Gasteiger partial charge < -0.3 is 29.1 Å². The number of benzene rings is 9. The van der Waals surface area contributed by atoms with Crippen LogP contribution in [0.15, 0.2) is 237 Å². The van der Waals surface area contributed by atoms with Gasteiger partial charge in [0.25, 0.3) is 0 Å². The lowest BCUT2D eigenvalue weighted by atomic mass is 10.1. The zero-order valence-corrected chi connectivity index (χ0v) is 35.6. The van der Waals surface area contributed by atoms with Crippen LogP contribution in [0.2, 0.25) is 0 Å². The molecule has 0 atom stereocenters. The Bertz CT molecular complexity index is 2740. The van der Waals surface area contributed by atoms with Crippen LogP contribution in [0, 0.1) is 6.92 Å². The van der Waals surface area contributed by atoms with Gasteiger partial charge in [-0.05, 0) is 158 Å². The highest BCUT2D eigenvalue weighted by Gasteiger charge is 2.20. The molecular weight excluding hydrogens is 773 g/mol. The average Bonchev–Trinajstić information content (AvgIpc) is 3.34. The van der Waals surface area contributed by atoms with Crippen LogP contribution in [0.3, 0.4) is 0 Å². The molecule has 0 N–H and O–H groups in total. The molecule has 0 aliphatic heterocycles. The molecule has 63 heavy (non-hydrogen) atoms. The van der Waals surface area contributed by atoms with Crippen LogP contribution in [-0.4, -0.2) is 14.2 Å². The number of methoxy groups -OCH3 is 2. The Labute approximate surface area is 370 Å². The quantitative estimate of drug-likeness (QED) is 0.109. The Morgan fingerprint density at radius 2 is 0.476 bits per heavy atom. The van der Waals surface area contributed by atoms with Crippen molar-refractivity contribution in [1.29, 1.82) is 0 Å².